The van der Waals surface area contributed by atoms with Crippen LogP contribution in [0.5, 0.6) is 5.75 Å². The van der Waals surface area contributed by atoms with Crippen LogP contribution in [0.15, 0.2) is 24.3 Å². The van der Waals surface area contributed by atoms with E-state index >= 15 is 0 Å². The van der Waals surface area contributed by atoms with Gasteiger partial charge < -0.3 is 15.5 Å². The van der Waals surface area contributed by atoms with Crippen molar-refractivity contribution in [3.63, 3.8) is 0 Å². The minimum atomic E-state index is -1.00. The molecule has 1 aromatic carbocycles. The maximum atomic E-state index is 10.7. The molecule has 0 saturated heterocycles. The summed E-state index contributed by atoms with van der Waals surface area (Å²) < 4.78 is 0. The van der Waals surface area contributed by atoms with E-state index < -0.39 is 5.97 Å². The number of hydrogen-bond donors (Lipinski definition) is 3. The molecule has 0 aliphatic rings. The average molecular weight is 207 g/mol. The van der Waals surface area contributed by atoms with E-state index in [1.54, 1.807) is 19.2 Å². The predicted molar refractivity (Wildman–Crippen MR) is 58.0 cm³/mol. The summed E-state index contributed by atoms with van der Waals surface area (Å²) in [6.45, 7) is 0.663. The first-order chi connectivity index (χ1) is 7.15. The normalized spacial score (nSPS) is 10.7. The molecule has 0 saturated carbocycles. The second kappa shape index (κ2) is 5.17. The fourth-order valence-electron chi connectivity index (χ4n) is 1.12. The molecule has 0 fully saturated rings. The van der Waals surface area contributed by atoms with Crippen molar-refractivity contribution in [1.82, 2.24) is 5.32 Å². The van der Waals surface area contributed by atoms with E-state index in [1.165, 1.54) is 18.2 Å². The molecule has 0 radical (unpaired) electrons. The fraction of sp³-hybridized carbons (Fsp3) is 0.182. The van der Waals surface area contributed by atoms with Gasteiger partial charge in [-0.25, -0.2) is 4.79 Å². The molecule has 1 aromatic rings. The van der Waals surface area contributed by atoms with Crippen LogP contribution in [0.2, 0.25) is 0 Å². The van der Waals surface area contributed by atoms with E-state index in [1.807, 2.05) is 0 Å². The summed E-state index contributed by atoms with van der Waals surface area (Å²) in [6, 6.07) is 4.18. The quantitative estimate of drug-likeness (QED) is 0.696. The molecule has 0 aliphatic carbocycles. The summed E-state index contributed by atoms with van der Waals surface area (Å²) in [6.07, 6.45) is 3.49. The Labute approximate surface area is 87.9 Å². The van der Waals surface area contributed by atoms with Crippen molar-refractivity contribution in [2.75, 3.05) is 13.6 Å². The molecule has 4 heteroatoms. The molecule has 0 aliphatic heterocycles. The monoisotopic (exact) mass is 207 g/mol. The molecule has 0 spiro atoms. The molecule has 15 heavy (non-hydrogen) atoms. The lowest BCUT2D eigenvalue weighted by molar-refractivity contribution is 0.0697. The number of carboxylic acid groups (broad SMARTS) is 1. The maximum Gasteiger partial charge on any atom is 0.335 e. The van der Waals surface area contributed by atoms with Gasteiger partial charge in [-0.1, -0.05) is 12.2 Å². The molecule has 0 atom stereocenters. The lowest BCUT2D eigenvalue weighted by Crippen LogP contribution is -2.03. The molecular weight excluding hydrogens is 194 g/mol. The largest absolute Gasteiger partial charge is 0.507 e. The van der Waals surface area contributed by atoms with Crippen LogP contribution < -0.4 is 5.32 Å². The van der Waals surface area contributed by atoms with E-state index in [0.717, 1.165) is 0 Å². The Morgan fingerprint density at radius 1 is 1.53 bits per heavy atom. The molecule has 80 valence electrons. The van der Waals surface area contributed by atoms with Crippen LogP contribution in [-0.2, 0) is 0 Å². The number of carboxylic acids is 1. The lowest BCUT2D eigenvalue weighted by atomic mass is 10.1. The number of aromatic carboxylic acids is 1. The van der Waals surface area contributed by atoms with E-state index in [2.05, 4.69) is 5.32 Å². The third kappa shape index (κ3) is 3.11. The summed E-state index contributed by atoms with van der Waals surface area (Å²) in [7, 11) is 1.80. The van der Waals surface area contributed by atoms with Crippen molar-refractivity contribution in [1.29, 1.82) is 0 Å². The summed E-state index contributed by atoms with van der Waals surface area (Å²) in [5, 5.41) is 21.1. The molecule has 0 amide bonds. The first kappa shape index (κ1) is 11.3. The van der Waals surface area contributed by atoms with Gasteiger partial charge in [0.2, 0.25) is 0 Å². The van der Waals surface area contributed by atoms with Crippen LogP contribution in [0.1, 0.15) is 15.9 Å². The van der Waals surface area contributed by atoms with Crippen molar-refractivity contribution in [3.05, 3.63) is 35.4 Å². The van der Waals surface area contributed by atoms with Gasteiger partial charge in [-0.2, -0.15) is 0 Å². The summed E-state index contributed by atoms with van der Waals surface area (Å²) >= 11 is 0. The lowest BCUT2D eigenvalue weighted by Gasteiger charge is -2.00. The Hall–Kier alpha value is -1.81. The minimum absolute atomic E-state index is 0.0763. The summed E-state index contributed by atoms with van der Waals surface area (Å²) in [5.74, 6) is -0.925. The Bertz CT molecular complexity index is 385. The highest BCUT2D eigenvalue weighted by atomic mass is 16.4. The van der Waals surface area contributed by atoms with Gasteiger partial charge in [0.15, 0.2) is 0 Å². The zero-order chi connectivity index (χ0) is 11.3. The zero-order valence-corrected chi connectivity index (χ0v) is 8.40. The standard InChI is InChI=1S/C11H13NO3/c1-12-6-2-3-8-7-9(11(14)15)4-5-10(8)13/h2-5,7,12-13H,6H2,1H3,(H,14,15). The number of hydrogen-bond acceptors (Lipinski definition) is 3. The first-order valence-electron chi connectivity index (χ1n) is 4.52. The van der Waals surface area contributed by atoms with Gasteiger partial charge in [-0.3, -0.25) is 0 Å². The van der Waals surface area contributed by atoms with Crippen LogP contribution in [0, 0.1) is 0 Å². The first-order valence-corrected chi connectivity index (χ1v) is 4.52. The molecule has 3 N–H and O–H groups in total. The van der Waals surface area contributed by atoms with E-state index in [9.17, 15) is 9.90 Å². The van der Waals surface area contributed by atoms with Gasteiger partial charge in [0.05, 0.1) is 5.56 Å². The van der Waals surface area contributed by atoms with Crippen molar-refractivity contribution in [2.24, 2.45) is 0 Å². The van der Waals surface area contributed by atoms with Gasteiger partial charge in [-0.15, -0.1) is 0 Å². The van der Waals surface area contributed by atoms with Crippen molar-refractivity contribution in [3.8, 4) is 5.75 Å². The molecular formula is C11H13NO3. The second-order valence-electron chi connectivity index (χ2n) is 3.04. The van der Waals surface area contributed by atoms with Crippen LogP contribution in [0.4, 0.5) is 0 Å². The SMILES string of the molecule is CNCC=Cc1cc(C(=O)O)ccc1O. The second-order valence-corrected chi connectivity index (χ2v) is 3.04. The highest BCUT2D eigenvalue weighted by molar-refractivity contribution is 5.88. The van der Waals surface area contributed by atoms with Crippen molar-refractivity contribution in [2.45, 2.75) is 0 Å². The van der Waals surface area contributed by atoms with Gasteiger partial charge in [0, 0.05) is 12.1 Å². The number of nitrogens with one attached hydrogen (secondary N) is 1. The van der Waals surface area contributed by atoms with Gasteiger partial charge in [0.25, 0.3) is 0 Å². The van der Waals surface area contributed by atoms with Gasteiger partial charge in [0.1, 0.15) is 5.75 Å². The number of aromatic hydroxyl groups is 1. The molecule has 4 nitrogen and oxygen atoms in total. The minimum Gasteiger partial charge on any atom is -0.507 e. The number of likely N-dealkylation sites (N-methyl/N-ethyl adjacent to an activating group) is 1. The topological polar surface area (TPSA) is 69.6 Å². The smallest absolute Gasteiger partial charge is 0.335 e. The van der Waals surface area contributed by atoms with Crippen molar-refractivity contribution >= 4 is 12.0 Å². The Morgan fingerprint density at radius 3 is 2.87 bits per heavy atom. The van der Waals surface area contributed by atoms with Crippen molar-refractivity contribution < 1.29 is 15.0 Å². The predicted octanol–water partition coefficient (Wildman–Crippen LogP) is 1.32. The van der Waals surface area contributed by atoms with Crippen LogP contribution >= 0.6 is 0 Å². The number of benzene rings is 1. The molecule has 0 aromatic heterocycles. The zero-order valence-electron chi connectivity index (χ0n) is 8.40. The van der Waals surface area contributed by atoms with E-state index in [0.29, 0.717) is 12.1 Å². The maximum absolute atomic E-state index is 10.7. The highest BCUT2D eigenvalue weighted by Gasteiger charge is 2.05. The van der Waals surface area contributed by atoms with E-state index in [-0.39, 0.29) is 11.3 Å². The Morgan fingerprint density at radius 2 is 2.27 bits per heavy atom. The van der Waals surface area contributed by atoms with Crippen LogP contribution in [0.25, 0.3) is 6.08 Å². The average Bonchev–Trinajstić information content (AvgIpc) is 2.20. The van der Waals surface area contributed by atoms with Crippen LogP contribution in [0.3, 0.4) is 0 Å². The fourth-order valence-corrected chi connectivity index (χ4v) is 1.12. The van der Waals surface area contributed by atoms with Crippen LogP contribution in [-0.4, -0.2) is 29.8 Å². The summed E-state index contributed by atoms with van der Waals surface area (Å²) in [5.41, 5.74) is 0.669. The number of phenolic OH excluding ortho intramolecular Hbond substituents is 1. The molecule has 0 bridgehead atoms. The van der Waals surface area contributed by atoms with Gasteiger partial charge >= 0.3 is 5.97 Å². The Balaban J connectivity index is 2.95. The highest BCUT2D eigenvalue weighted by Crippen LogP contribution is 2.19. The number of carbonyl (C=O) groups is 1. The van der Waals surface area contributed by atoms with E-state index in [4.69, 9.17) is 5.11 Å². The summed E-state index contributed by atoms with van der Waals surface area (Å²) in [4.78, 5) is 10.7. The molecule has 0 heterocycles. The number of rotatable bonds is 4. The third-order valence-corrected chi connectivity index (χ3v) is 1.89. The molecule has 0 unspecified atom stereocenters. The van der Waals surface area contributed by atoms with Gasteiger partial charge in [-0.05, 0) is 25.2 Å². The third-order valence-electron chi connectivity index (χ3n) is 1.89. The number of phenols is 1. The molecule has 1 rings (SSSR count). The Kier molecular flexibility index (Phi) is 3.88.